The molecule has 1 amide bonds. The number of carbonyl (C=O) groups is 2. The van der Waals surface area contributed by atoms with Crippen LogP contribution in [0.15, 0.2) is 23.8 Å². The van der Waals surface area contributed by atoms with Crippen LogP contribution in [-0.4, -0.2) is 41.5 Å². The zero-order valence-electron chi connectivity index (χ0n) is 13.6. The zero-order valence-corrected chi connectivity index (χ0v) is 14.4. The first-order valence-corrected chi connectivity index (χ1v) is 8.33. The fraction of sp³-hybridized carbons (Fsp3) is 0.267. The number of amides is 1. The molecule has 3 rings (SSSR count). The second-order valence-electron chi connectivity index (χ2n) is 5.38. The maximum atomic E-state index is 12.4. The summed E-state index contributed by atoms with van der Waals surface area (Å²) < 4.78 is 3.08. The normalized spacial score (nSPS) is 10.8. The van der Waals surface area contributed by atoms with Crippen molar-refractivity contribution in [2.45, 2.75) is 19.9 Å². The number of hydrogen-bond acceptors (Lipinski definition) is 6. The van der Waals surface area contributed by atoms with Crippen LogP contribution in [0.1, 0.15) is 22.6 Å². The molecule has 25 heavy (non-hydrogen) atoms. The summed E-state index contributed by atoms with van der Waals surface area (Å²) in [5.41, 5.74) is 2.80. The molecule has 0 bridgehead atoms. The number of anilines is 1. The third-order valence-electron chi connectivity index (χ3n) is 3.50. The lowest BCUT2D eigenvalue weighted by molar-refractivity contribution is -0.137. The molecule has 3 heterocycles. The number of hydrogen-bond donors (Lipinski definition) is 2. The summed E-state index contributed by atoms with van der Waals surface area (Å²) in [7, 11) is 1.84. The molecule has 2 N–H and O–H groups in total. The van der Waals surface area contributed by atoms with Crippen molar-refractivity contribution in [3.8, 4) is 11.3 Å². The van der Waals surface area contributed by atoms with Gasteiger partial charge in [-0.2, -0.15) is 10.2 Å². The van der Waals surface area contributed by atoms with Gasteiger partial charge in [0.2, 0.25) is 0 Å². The van der Waals surface area contributed by atoms with E-state index < -0.39 is 5.97 Å². The predicted octanol–water partition coefficient (Wildman–Crippen LogP) is 1.78. The minimum Gasteiger partial charge on any atom is -0.481 e. The van der Waals surface area contributed by atoms with Gasteiger partial charge in [-0.05, 0) is 13.0 Å². The molecule has 130 valence electrons. The molecule has 0 saturated heterocycles. The molecule has 0 fully saturated rings. The lowest BCUT2D eigenvalue weighted by Crippen LogP contribution is -2.18. The monoisotopic (exact) mass is 360 g/mol. The van der Waals surface area contributed by atoms with E-state index in [2.05, 4.69) is 20.5 Å². The molecule has 0 radical (unpaired) electrons. The molecule has 0 aliphatic heterocycles. The average Bonchev–Trinajstić information content (AvgIpc) is 3.25. The van der Waals surface area contributed by atoms with E-state index in [9.17, 15) is 9.59 Å². The highest BCUT2D eigenvalue weighted by Crippen LogP contribution is 2.27. The number of nitrogens with one attached hydrogen (secondary N) is 1. The number of aromatic nitrogens is 5. The zero-order chi connectivity index (χ0) is 18.0. The molecule has 3 aromatic heterocycles. The van der Waals surface area contributed by atoms with Crippen LogP contribution in [0.2, 0.25) is 0 Å². The Bertz CT molecular complexity index is 925. The number of carbonyl (C=O) groups excluding carboxylic acids is 1. The third kappa shape index (κ3) is 3.74. The van der Waals surface area contributed by atoms with Gasteiger partial charge < -0.3 is 5.11 Å². The first kappa shape index (κ1) is 16.8. The van der Waals surface area contributed by atoms with Crippen LogP contribution < -0.4 is 5.32 Å². The van der Waals surface area contributed by atoms with Gasteiger partial charge in [0.05, 0.1) is 24.4 Å². The van der Waals surface area contributed by atoms with Crippen LogP contribution in [0.5, 0.6) is 0 Å². The number of nitrogens with zero attached hydrogens (tertiary/aromatic N) is 5. The molecule has 0 aliphatic carbocycles. The standard InChI is InChI=1S/C15H16N6O3S/c1-9-10(7-20(2)19-9)11-8-25-15(17-11)18-14(24)12-3-5-16-21(12)6-4-13(22)23/h3,5,7-8H,4,6H2,1-2H3,(H,22,23)(H,17,18,24). The Balaban J connectivity index is 1.73. The molecular formula is C15H16N6O3S. The Hall–Kier alpha value is -3.01. The maximum absolute atomic E-state index is 12.4. The second-order valence-corrected chi connectivity index (χ2v) is 6.24. The van der Waals surface area contributed by atoms with Crippen molar-refractivity contribution in [2.24, 2.45) is 7.05 Å². The summed E-state index contributed by atoms with van der Waals surface area (Å²) >= 11 is 1.31. The quantitative estimate of drug-likeness (QED) is 0.692. The SMILES string of the molecule is Cc1nn(C)cc1-c1csc(NC(=O)c2ccnn2CCC(=O)O)n1. The van der Waals surface area contributed by atoms with Crippen molar-refractivity contribution < 1.29 is 14.7 Å². The Labute approximate surface area is 146 Å². The van der Waals surface area contributed by atoms with E-state index in [0.29, 0.717) is 5.13 Å². The molecule has 0 spiro atoms. The van der Waals surface area contributed by atoms with Crippen LogP contribution in [0.3, 0.4) is 0 Å². The molecule has 0 aliphatic rings. The Morgan fingerprint density at radius 3 is 2.88 bits per heavy atom. The van der Waals surface area contributed by atoms with E-state index in [0.717, 1.165) is 17.0 Å². The van der Waals surface area contributed by atoms with Crippen molar-refractivity contribution >= 4 is 28.3 Å². The van der Waals surface area contributed by atoms with Crippen LogP contribution in [-0.2, 0) is 18.4 Å². The van der Waals surface area contributed by atoms with E-state index in [1.807, 2.05) is 25.5 Å². The van der Waals surface area contributed by atoms with Gasteiger partial charge in [0.1, 0.15) is 5.69 Å². The smallest absolute Gasteiger partial charge is 0.305 e. The van der Waals surface area contributed by atoms with E-state index in [1.165, 1.54) is 28.3 Å². The summed E-state index contributed by atoms with van der Waals surface area (Å²) in [5.74, 6) is -1.33. The summed E-state index contributed by atoms with van der Waals surface area (Å²) in [4.78, 5) is 27.5. The minimum atomic E-state index is -0.946. The number of carboxylic acids is 1. The van der Waals surface area contributed by atoms with E-state index in [4.69, 9.17) is 5.11 Å². The molecule has 0 atom stereocenters. The summed E-state index contributed by atoms with van der Waals surface area (Å²) in [6.45, 7) is 2.02. The summed E-state index contributed by atoms with van der Waals surface area (Å²) in [6.07, 6.45) is 3.23. The summed E-state index contributed by atoms with van der Waals surface area (Å²) in [6, 6.07) is 1.54. The van der Waals surface area contributed by atoms with Crippen LogP contribution in [0.25, 0.3) is 11.3 Å². The van der Waals surface area contributed by atoms with Crippen LogP contribution in [0, 0.1) is 6.92 Å². The Kier molecular flexibility index (Phi) is 4.61. The van der Waals surface area contributed by atoms with E-state index >= 15 is 0 Å². The topological polar surface area (TPSA) is 115 Å². The third-order valence-corrected chi connectivity index (χ3v) is 4.26. The lowest BCUT2D eigenvalue weighted by atomic mass is 10.2. The minimum absolute atomic E-state index is 0.107. The van der Waals surface area contributed by atoms with E-state index in [-0.39, 0.29) is 24.6 Å². The van der Waals surface area contributed by atoms with Crippen LogP contribution >= 0.6 is 11.3 Å². The second kappa shape index (κ2) is 6.85. The van der Waals surface area contributed by atoms with Gasteiger partial charge in [0, 0.05) is 30.4 Å². The fourth-order valence-corrected chi connectivity index (χ4v) is 3.08. The van der Waals surface area contributed by atoms with Crippen molar-refractivity contribution in [3.05, 3.63) is 35.2 Å². The molecule has 10 heteroatoms. The maximum Gasteiger partial charge on any atom is 0.305 e. The van der Waals surface area contributed by atoms with Gasteiger partial charge in [0.15, 0.2) is 5.13 Å². The molecule has 0 saturated carbocycles. The Morgan fingerprint density at radius 1 is 1.40 bits per heavy atom. The number of aryl methyl sites for hydroxylation is 3. The molecule has 9 nitrogen and oxygen atoms in total. The number of thiazole rings is 1. The molecular weight excluding hydrogens is 344 g/mol. The number of rotatable bonds is 6. The van der Waals surface area contributed by atoms with Crippen molar-refractivity contribution in [1.82, 2.24) is 24.5 Å². The predicted molar refractivity (Wildman–Crippen MR) is 91.5 cm³/mol. The molecule has 0 aromatic carbocycles. The highest BCUT2D eigenvalue weighted by atomic mass is 32.1. The van der Waals surface area contributed by atoms with Gasteiger partial charge in [-0.15, -0.1) is 11.3 Å². The van der Waals surface area contributed by atoms with Crippen molar-refractivity contribution in [2.75, 3.05) is 5.32 Å². The van der Waals surface area contributed by atoms with Crippen molar-refractivity contribution in [3.63, 3.8) is 0 Å². The lowest BCUT2D eigenvalue weighted by Gasteiger charge is -2.05. The van der Waals surface area contributed by atoms with Crippen molar-refractivity contribution in [1.29, 1.82) is 0 Å². The number of aliphatic carboxylic acids is 1. The van der Waals surface area contributed by atoms with Gasteiger partial charge in [-0.3, -0.25) is 24.3 Å². The largest absolute Gasteiger partial charge is 0.481 e. The summed E-state index contributed by atoms with van der Waals surface area (Å²) in [5, 5.41) is 22.0. The highest BCUT2D eigenvalue weighted by Gasteiger charge is 2.16. The Morgan fingerprint density at radius 2 is 2.20 bits per heavy atom. The average molecular weight is 360 g/mol. The first-order valence-electron chi connectivity index (χ1n) is 7.45. The van der Waals surface area contributed by atoms with E-state index in [1.54, 1.807) is 4.68 Å². The first-order chi connectivity index (χ1) is 11.9. The van der Waals surface area contributed by atoms with Crippen LogP contribution in [0.4, 0.5) is 5.13 Å². The number of carboxylic acid groups (broad SMARTS) is 1. The van der Waals surface area contributed by atoms with Gasteiger partial charge >= 0.3 is 5.97 Å². The molecule has 0 unspecified atom stereocenters. The van der Waals surface area contributed by atoms with Gasteiger partial charge in [-0.25, -0.2) is 4.98 Å². The molecule has 3 aromatic rings. The fourth-order valence-electron chi connectivity index (χ4n) is 2.37. The highest BCUT2D eigenvalue weighted by molar-refractivity contribution is 7.14. The van der Waals surface area contributed by atoms with Gasteiger partial charge in [0.25, 0.3) is 5.91 Å². The van der Waals surface area contributed by atoms with Gasteiger partial charge in [-0.1, -0.05) is 0 Å².